The number of carbonyl (C=O) groups is 2. The lowest BCUT2D eigenvalue weighted by Crippen LogP contribution is -2.43. The van der Waals surface area contributed by atoms with Crippen LogP contribution in [0.25, 0.3) is 0 Å². The van der Waals surface area contributed by atoms with E-state index in [-0.39, 0.29) is 23.7 Å². The number of nitrogens with one attached hydrogen (secondary N) is 1. The first-order chi connectivity index (χ1) is 12.1. The lowest BCUT2D eigenvalue weighted by atomic mass is 9.95. The molecule has 6 heteroatoms. The Balaban J connectivity index is 1.50. The molecule has 3 rings (SSSR count). The summed E-state index contributed by atoms with van der Waals surface area (Å²) >= 11 is 0. The van der Waals surface area contributed by atoms with Gasteiger partial charge in [0.2, 0.25) is 11.8 Å². The van der Waals surface area contributed by atoms with Crippen molar-refractivity contribution in [2.45, 2.75) is 32.2 Å². The van der Waals surface area contributed by atoms with Crippen LogP contribution in [-0.2, 0) is 16.1 Å². The third kappa shape index (κ3) is 4.24. The van der Waals surface area contributed by atoms with Crippen LogP contribution in [0.15, 0.2) is 18.2 Å². The van der Waals surface area contributed by atoms with Gasteiger partial charge < -0.3 is 19.7 Å². The topological polar surface area (TPSA) is 67.9 Å². The van der Waals surface area contributed by atoms with Crippen molar-refractivity contribution in [3.8, 4) is 11.5 Å². The SMILES string of the molecule is COc1ccc(OC)c(CNC(=O)C2CCN(C(=O)C3CC3)CC2)c1. The quantitative estimate of drug-likeness (QED) is 0.855. The molecule has 25 heavy (non-hydrogen) atoms. The molecule has 1 aliphatic carbocycles. The van der Waals surface area contributed by atoms with Crippen LogP contribution in [0.4, 0.5) is 0 Å². The van der Waals surface area contributed by atoms with Gasteiger partial charge >= 0.3 is 0 Å². The molecule has 6 nitrogen and oxygen atoms in total. The fraction of sp³-hybridized carbons (Fsp3) is 0.579. The maximum atomic E-state index is 12.5. The molecule has 2 aliphatic rings. The van der Waals surface area contributed by atoms with Crippen molar-refractivity contribution in [1.29, 1.82) is 0 Å². The number of benzene rings is 1. The first-order valence-corrected chi connectivity index (χ1v) is 8.89. The lowest BCUT2D eigenvalue weighted by molar-refractivity contribution is -0.136. The number of rotatable bonds is 6. The maximum Gasteiger partial charge on any atom is 0.225 e. The summed E-state index contributed by atoms with van der Waals surface area (Å²) < 4.78 is 10.6. The molecule has 0 bridgehead atoms. The van der Waals surface area contributed by atoms with Crippen LogP contribution in [0.1, 0.15) is 31.2 Å². The molecule has 1 saturated carbocycles. The third-order valence-electron chi connectivity index (χ3n) is 5.04. The van der Waals surface area contributed by atoms with E-state index in [4.69, 9.17) is 9.47 Å². The molecule has 1 N–H and O–H groups in total. The molecule has 0 radical (unpaired) electrons. The number of ether oxygens (including phenoxy) is 2. The molecule has 0 spiro atoms. The van der Waals surface area contributed by atoms with Crippen molar-refractivity contribution < 1.29 is 19.1 Å². The molecular weight excluding hydrogens is 320 g/mol. The standard InChI is InChI=1S/C19H26N2O4/c1-24-16-5-6-17(25-2)15(11-16)12-20-18(22)13-7-9-21(10-8-13)19(23)14-3-4-14/h5-6,11,13-14H,3-4,7-10,12H2,1-2H3,(H,20,22). The summed E-state index contributed by atoms with van der Waals surface area (Å²) in [5, 5.41) is 3.00. The highest BCUT2D eigenvalue weighted by Gasteiger charge is 2.35. The second-order valence-corrected chi connectivity index (χ2v) is 6.77. The second kappa shape index (κ2) is 7.76. The van der Waals surface area contributed by atoms with E-state index in [1.807, 2.05) is 23.1 Å². The summed E-state index contributed by atoms with van der Waals surface area (Å²) in [6.45, 7) is 1.78. The molecule has 0 atom stereocenters. The van der Waals surface area contributed by atoms with Gasteiger partial charge in [-0.3, -0.25) is 9.59 Å². The number of piperidine rings is 1. The van der Waals surface area contributed by atoms with Crippen molar-refractivity contribution in [1.82, 2.24) is 10.2 Å². The number of carbonyl (C=O) groups excluding carboxylic acids is 2. The van der Waals surface area contributed by atoms with Crippen molar-refractivity contribution in [3.05, 3.63) is 23.8 Å². The van der Waals surface area contributed by atoms with Crippen LogP contribution < -0.4 is 14.8 Å². The van der Waals surface area contributed by atoms with Gasteiger partial charge in [0.1, 0.15) is 11.5 Å². The van der Waals surface area contributed by atoms with Crippen LogP contribution in [0.2, 0.25) is 0 Å². The number of hydrogen-bond donors (Lipinski definition) is 1. The molecule has 1 saturated heterocycles. The number of methoxy groups -OCH3 is 2. The minimum atomic E-state index is -0.0279. The second-order valence-electron chi connectivity index (χ2n) is 6.77. The summed E-state index contributed by atoms with van der Waals surface area (Å²) in [6.07, 6.45) is 3.53. The average Bonchev–Trinajstić information content (AvgIpc) is 3.50. The van der Waals surface area contributed by atoms with Crippen molar-refractivity contribution >= 4 is 11.8 Å². The number of hydrogen-bond acceptors (Lipinski definition) is 4. The van der Waals surface area contributed by atoms with Crippen LogP contribution in [-0.4, -0.2) is 44.0 Å². The fourth-order valence-electron chi connectivity index (χ4n) is 3.30. The Morgan fingerprint density at radius 3 is 2.40 bits per heavy atom. The zero-order valence-corrected chi connectivity index (χ0v) is 14.9. The van der Waals surface area contributed by atoms with Crippen molar-refractivity contribution in [2.24, 2.45) is 11.8 Å². The summed E-state index contributed by atoms with van der Waals surface area (Å²) in [5.74, 6) is 2.01. The summed E-state index contributed by atoms with van der Waals surface area (Å²) in [5.41, 5.74) is 0.886. The normalized spacial score (nSPS) is 17.9. The molecule has 2 fully saturated rings. The zero-order chi connectivity index (χ0) is 17.8. The van der Waals surface area contributed by atoms with E-state index in [0.717, 1.165) is 42.7 Å². The fourth-order valence-corrected chi connectivity index (χ4v) is 3.30. The van der Waals surface area contributed by atoms with Crippen LogP contribution >= 0.6 is 0 Å². The van der Waals surface area contributed by atoms with E-state index < -0.39 is 0 Å². The van der Waals surface area contributed by atoms with Gasteiger partial charge in [-0.1, -0.05) is 0 Å². The predicted octanol–water partition coefficient (Wildman–Crippen LogP) is 1.97. The summed E-state index contributed by atoms with van der Waals surface area (Å²) in [6, 6.07) is 5.54. The van der Waals surface area contributed by atoms with E-state index in [9.17, 15) is 9.59 Å². The van der Waals surface area contributed by atoms with Gasteiger partial charge in [0.15, 0.2) is 0 Å². The lowest BCUT2D eigenvalue weighted by Gasteiger charge is -2.31. The molecule has 0 unspecified atom stereocenters. The Bertz CT molecular complexity index is 634. The molecule has 1 heterocycles. The number of nitrogens with zero attached hydrogens (tertiary/aromatic N) is 1. The Hall–Kier alpha value is -2.24. The van der Waals surface area contributed by atoms with E-state index in [2.05, 4.69) is 5.32 Å². The Kier molecular flexibility index (Phi) is 5.46. The highest BCUT2D eigenvalue weighted by Crippen LogP contribution is 2.32. The van der Waals surface area contributed by atoms with E-state index in [1.54, 1.807) is 14.2 Å². The average molecular weight is 346 g/mol. The molecule has 0 aromatic heterocycles. The Morgan fingerprint density at radius 2 is 1.80 bits per heavy atom. The first kappa shape index (κ1) is 17.6. The van der Waals surface area contributed by atoms with Gasteiger partial charge in [-0.05, 0) is 43.9 Å². The van der Waals surface area contributed by atoms with Gasteiger partial charge in [-0.25, -0.2) is 0 Å². The van der Waals surface area contributed by atoms with Gasteiger partial charge in [0.25, 0.3) is 0 Å². The first-order valence-electron chi connectivity index (χ1n) is 8.89. The molecular formula is C19H26N2O4. The molecule has 1 aliphatic heterocycles. The smallest absolute Gasteiger partial charge is 0.225 e. The van der Waals surface area contributed by atoms with Gasteiger partial charge in [0.05, 0.1) is 14.2 Å². The Morgan fingerprint density at radius 1 is 1.08 bits per heavy atom. The highest BCUT2D eigenvalue weighted by atomic mass is 16.5. The van der Waals surface area contributed by atoms with Gasteiger partial charge in [0, 0.05) is 37.0 Å². The minimum absolute atomic E-state index is 0.0279. The van der Waals surface area contributed by atoms with E-state index >= 15 is 0 Å². The van der Waals surface area contributed by atoms with E-state index in [1.165, 1.54) is 0 Å². The monoisotopic (exact) mass is 346 g/mol. The van der Waals surface area contributed by atoms with Gasteiger partial charge in [-0.2, -0.15) is 0 Å². The summed E-state index contributed by atoms with van der Waals surface area (Å²) in [7, 11) is 3.22. The molecule has 1 aromatic carbocycles. The molecule has 1 aromatic rings. The van der Waals surface area contributed by atoms with E-state index in [0.29, 0.717) is 19.6 Å². The predicted molar refractivity (Wildman–Crippen MR) is 93.4 cm³/mol. The van der Waals surface area contributed by atoms with Crippen LogP contribution in [0.3, 0.4) is 0 Å². The molecule has 136 valence electrons. The molecule has 2 amide bonds. The zero-order valence-electron chi connectivity index (χ0n) is 14.9. The Labute approximate surface area is 148 Å². The number of amides is 2. The van der Waals surface area contributed by atoms with Gasteiger partial charge in [-0.15, -0.1) is 0 Å². The van der Waals surface area contributed by atoms with Crippen LogP contribution in [0, 0.1) is 11.8 Å². The van der Waals surface area contributed by atoms with Crippen LogP contribution in [0.5, 0.6) is 11.5 Å². The van der Waals surface area contributed by atoms with Crippen molar-refractivity contribution in [3.63, 3.8) is 0 Å². The number of likely N-dealkylation sites (tertiary alicyclic amines) is 1. The third-order valence-corrected chi connectivity index (χ3v) is 5.04. The summed E-state index contributed by atoms with van der Waals surface area (Å²) in [4.78, 5) is 26.5. The van der Waals surface area contributed by atoms with Crippen molar-refractivity contribution in [2.75, 3.05) is 27.3 Å². The maximum absolute atomic E-state index is 12.5. The highest BCUT2D eigenvalue weighted by molar-refractivity contribution is 5.82. The largest absolute Gasteiger partial charge is 0.497 e. The minimum Gasteiger partial charge on any atom is -0.497 e.